The molecule has 100 valence electrons. The minimum atomic E-state index is 0.601. The molecule has 0 bridgehead atoms. The molecule has 1 N–H and O–H groups in total. The maximum absolute atomic E-state index is 3.62. The summed E-state index contributed by atoms with van der Waals surface area (Å²) < 4.78 is 0. The summed E-state index contributed by atoms with van der Waals surface area (Å²) in [6, 6.07) is 8.81. The molecular weight excluding hydrogens is 220 g/mol. The topological polar surface area (TPSA) is 15.3 Å². The van der Waals surface area contributed by atoms with Crippen LogP contribution in [0.15, 0.2) is 24.3 Å². The number of benzene rings is 1. The van der Waals surface area contributed by atoms with Crippen molar-refractivity contribution in [1.29, 1.82) is 0 Å². The molecule has 0 atom stereocenters. The van der Waals surface area contributed by atoms with Gasteiger partial charge in [0.2, 0.25) is 0 Å². The van der Waals surface area contributed by atoms with Gasteiger partial charge in [-0.2, -0.15) is 0 Å². The molecule has 2 nitrogen and oxygen atoms in total. The Morgan fingerprint density at radius 2 is 1.78 bits per heavy atom. The molecule has 0 unspecified atom stereocenters. The van der Waals surface area contributed by atoms with E-state index in [0.717, 1.165) is 12.5 Å². The zero-order chi connectivity index (χ0) is 13.2. The maximum Gasteiger partial charge on any atom is 0.0361 e. The van der Waals surface area contributed by atoms with Crippen LogP contribution < -0.4 is 10.2 Å². The van der Waals surface area contributed by atoms with Crippen molar-refractivity contribution >= 4 is 5.69 Å². The van der Waals surface area contributed by atoms with Gasteiger partial charge in [0.15, 0.2) is 0 Å². The molecule has 1 aromatic carbocycles. The third-order valence-corrected chi connectivity index (χ3v) is 4.38. The van der Waals surface area contributed by atoms with Crippen molar-refractivity contribution in [2.75, 3.05) is 25.5 Å². The van der Waals surface area contributed by atoms with Gasteiger partial charge in [0.25, 0.3) is 0 Å². The first-order valence-corrected chi connectivity index (χ1v) is 7.00. The SMILES string of the molecule is CC(C)C1(CNCc2ccc(N(C)C)cc2)CC1. The summed E-state index contributed by atoms with van der Waals surface area (Å²) in [4.78, 5) is 2.13. The molecule has 1 aliphatic carbocycles. The van der Waals surface area contributed by atoms with E-state index in [0.29, 0.717) is 5.41 Å². The molecule has 1 saturated carbocycles. The zero-order valence-corrected chi connectivity index (χ0v) is 12.2. The van der Waals surface area contributed by atoms with Gasteiger partial charge in [-0.1, -0.05) is 26.0 Å². The first kappa shape index (κ1) is 13.4. The lowest BCUT2D eigenvalue weighted by atomic mass is 9.92. The molecule has 0 aliphatic heterocycles. The molecule has 1 aliphatic rings. The van der Waals surface area contributed by atoms with Gasteiger partial charge in [0, 0.05) is 32.9 Å². The molecule has 0 radical (unpaired) electrons. The lowest BCUT2D eigenvalue weighted by Crippen LogP contribution is -2.27. The molecule has 0 heterocycles. The molecule has 18 heavy (non-hydrogen) atoms. The molecule has 2 rings (SSSR count). The van der Waals surface area contributed by atoms with Crippen LogP contribution in [0, 0.1) is 11.3 Å². The smallest absolute Gasteiger partial charge is 0.0361 e. The third kappa shape index (κ3) is 3.05. The van der Waals surface area contributed by atoms with Gasteiger partial charge in [0.1, 0.15) is 0 Å². The summed E-state index contributed by atoms with van der Waals surface area (Å²) in [5.41, 5.74) is 3.24. The van der Waals surface area contributed by atoms with Crippen molar-refractivity contribution in [3.05, 3.63) is 29.8 Å². The van der Waals surface area contributed by atoms with E-state index in [1.54, 1.807) is 0 Å². The summed E-state index contributed by atoms with van der Waals surface area (Å²) in [7, 11) is 4.15. The Morgan fingerprint density at radius 3 is 2.22 bits per heavy atom. The van der Waals surface area contributed by atoms with Crippen molar-refractivity contribution in [3.8, 4) is 0 Å². The van der Waals surface area contributed by atoms with Crippen LogP contribution in [0.3, 0.4) is 0 Å². The van der Waals surface area contributed by atoms with Gasteiger partial charge in [0.05, 0.1) is 0 Å². The Kier molecular flexibility index (Phi) is 3.96. The van der Waals surface area contributed by atoms with Gasteiger partial charge in [-0.05, 0) is 41.9 Å². The van der Waals surface area contributed by atoms with Crippen LogP contribution in [0.5, 0.6) is 0 Å². The van der Waals surface area contributed by atoms with Crippen LogP contribution in [0.2, 0.25) is 0 Å². The summed E-state index contributed by atoms with van der Waals surface area (Å²) in [5, 5.41) is 3.62. The van der Waals surface area contributed by atoms with Gasteiger partial charge >= 0.3 is 0 Å². The van der Waals surface area contributed by atoms with E-state index in [1.807, 2.05) is 0 Å². The Labute approximate surface area is 111 Å². The second-order valence-electron chi connectivity index (χ2n) is 6.18. The predicted molar refractivity (Wildman–Crippen MR) is 79.0 cm³/mol. The maximum atomic E-state index is 3.62. The van der Waals surface area contributed by atoms with E-state index in [4.69, 9.17) is 0 Å². The Bertz CT molecular complexity index is 375. The minimum absolute atomic E-state index is 0.601. The van der Waals surface area contributed by atoms with Crippen molar-refractivity contribution in [2.45, 2.75) is 33.2 Å². The number of nitrogens with zero attached hydrogens (tertiary/aromatic N) is 1. The highest BCUT2D eigenvalue weighted by Crippen LogP contribution is 2.51. The quantitative estimate of drug-likeness (QED) is 0.828. The summed E-state index contributed by atoms with van der Waals surface area (Å²) in [5.74, 6) is 0.807. The fourth-order valence-electron chi connectivity index (χ4n) is 2.49. The summed E-state index contributed by atoms with van der Waals surface area (Å²) in [6.45, 7) is 6.85. The van der Waals surface area contributed by atoms with Gasteiger partial charge in [-0.25, -0.2) is 0 Å². The highest BCUT2D eigenvalue weighted by molar-refractivity contribution is 5.45. The largest absolute Gasteiger partial charge is 0.378 e. The Balaban J connectivity index is 1.80. The van der Waals surface area contributed by atoms with E-state index >= 15 is 0 Å². The van der Waals surface area contributed by atoms with Crippen LogP contribution in [0.4, 0.5) is 5.69 Å². The van der Waals surface area contributed by atoms with Crippen molar-refractivity contribution in [1.82, 2.24) is 5.32 Å². The lowest BCUT2D eigenvalue weighted by molar-refractivity contribution is 0.338. The average Bonchev–Trinajstić information content (AvgIpc) is 3.11. The molecule has 1 aromatic rings. The van der Waals surface area contributed by atoms with Crippen molar-refractivity contribution in [2.24, 2.45) is 11.3 Å². The van der Waals surface area contributed by atoms with Gasteiger partial charge in [-0.15, -0.1) is 0 Å². The number of hydrogen-bond acceptors (Lipinski definition) is 2. The standard InChI is InChI=1S/C16H26N2/c1-13(2)16(9-10-16)12-17-11-14-5-7-15(8-6-14)18(3)4/h5-8,13,17H,9-12H2,1-4H3. The van der Waals surface area contributed by atoms with Gasteiger partial charge < -0.3 is 10.2 Å². The molecule has 1 fully saturated rings. The first-order valence-electron chi connectivity index (χ1n) is 7.00. The van der Waals surface area contributed by atoms with Crippen LogP contribution in [0.25, 0.3) is 0 Å². The van der Waals surface area contributed by atoms with E-state index in [2.05, 4.69) is 62.4 Å². The van der Waals surface area contributed by atoms with Crippen LogP contribution >= 0.6 is 0 Å². The van der Waals surface area contributed by atoms with Crippen LogP contribution in [0.1, 0.15) is 32.3 Å². The molecule has 0 aromatic heterocycles. The van der Waals surface area contributed by atoms with Crippen molar-refractivity contribution < 1.29 is 0 Å². The monoisotopic (exact) mass is 246 g/mol. The first-order chi connectivity index (χ1) is 8.53. The lowest BCUT2D eigenvalue weighted by Gasteiger charge is -2.20. The van der Waals surface area contributed by atoms with Gasteiger partial charge in [-0.3, -0.25) is 0 Å². The second-order valence-corrected chi connectivity index (χ2v) is 6.18. The van der Waals surface area contributed by atoms with Crippen LogP contribution in [-0.4, -0.2) is 20.6 Å². The summed E-state index contributed by atoms with van der Waals surface area (Å²) in [6.07, 6.45) is 2.80. The number of hydrogen-bond donors (Lipinski definition) is 1. The van der Waals surface area contributed by atoms with Crippen molar-refractivity contribution in [3.63, 3.8) is 0 Å². The summed E-state index contributed by atoms with van der Waals surface area (Å²) >= 11 is 0. The Morgan fingerprint density at radius 1 is 1.17 bits per heavy atom. The molecule has 0 saturated heterocycles. The predicted octanol–water partition coefficient (Wildman–Crippen LogP) is 3.28. The van der Waals surface area contributed by atoms with E-state index < -0.39 is 0 Å². The number of rotatable bonds is 6. The molecule has 2 heteroatoms. The number of nitrogens with one attached hydrogen (secondary N) is 1. The van der Waals surface area contributed by atoms with E-state index in [1.165, 1.54) is 30.6 Å². The minimum Gasteiger partial charge on any atom is -0.378 e. The average molecular weight is 246 g/mol. The number of anilines is 1. The van der Waals surface area contributed by atoms with Crippen LogP contribution in [-0.2, 0) is 6.54 Å². The second kappa shape index (κ2) is 5.31. The third-order valence-electron chi connectivity index (χ3n) is 4.38. The fraction of sp³-hybridized carbons (Fsp3) is 0.625. The van der Waals surface area contributed by atoms with E-state index in [9.17, 15) is 0 Å². The highest BCUT2D eigenvalue weighted by Gasteiger charge is 2.44. The van der Waals surface area contributed by atoms with E-state index in [-0.39, 0.29) is 0 Å². The molecule has 0 spiro atoms. The highest BCUT2D eigenvalue weighted by atomic mass is 15.1. The molecular formula is C16H26N2. The zero-order valence-electron chi connectivity index (χ0n) is 12.2. The Hall–Kier alpha value is -1.02. The normalized spacial score (nSPS) is 16.9. The fourth-order valence-corrected chi connectivity index (χ4v) is 2.49. The molecule has 0 amide bonds.